The molecule has 0 saturated heterocycles. The summed E-state index contributed by atoms with van der Waals surface area (Å²) in [6, 6.07) is 13.1. The van der Waals surface area contributed by atoms with Gasteiger partial charge in [-0.2, -0.15) is 0 Å². The van der Waals surface area contributed by atoms with Crippen LogP contribution in [-0.4, -0.2) is 9.66 Å². The van der Waals surface area contributed by atoms with Gasteiger partial charge in [-0.05, 0) is 36.2 Å². The maximum Gasteiger partial charge on any atom is 0.280 e. The van der Waals surface area contributed by atoms with Crippen molar-refractivity contribution in [2.24, 2.45) is 0 Å². The van der Waals surface area contributed by atoms with Crippen LogP contribution in [0.1, 0.15) is 11.1 Å². The summed E-state index contributed by atoms with van der Waals surface area (Å²) < 4.78 is 1.10. The molecule has 0 atom stereocenters. The van der Waals surface area contributed by atoms with Crippen molar-refractivity contribution in [3.05, 3.63) is 69.0 Å². The second-order valence-corrected chi connectivity index (χ2v) is 6.33. The maximum absolute atomic E-state index is 12.3. The van der Waals surface area contributed by atoms with Crippen molar-refractivity contribution in [2.45, 2.75) is 17.8 Å². The van der Waals surface area contributed by atoms with Gasteiger partial charge in [0.2, 0.25) is 0 Å². The molecule has 3 rings (SSSR count). The zero-order chi connectivity index (χ0) is 15.7. The zero-order valence-corrected chi connectivity index (χ0v) is 13.5. The van der Waals surface area contributed by atoms with E-state index in [0.29, 0.717) is 26.8 Å². The van der Waals surface area contributed by atoms with Crippen molar-refractivity contribution in [3.8, 4) is 0 Å². The molecule has 6 heteroatoms. The van der Waals surface area contributed by atoms with E-state index in [1.807, 2.05) is 12.1 Å². The van der Waals surface area contributed by atoms with Gasteiger partial charge >= 0.3 is 0 Å². The third-order valence-electron chi connectivity index (χ3n) is 3.45. The van der Waals surface area contributed by atoms with Crippen LogP contribution in [-0.2, 0) is 5.75 Å². The molecule has 0 bridgehead atoms. The average molecular weight is 332 g/mol. The lowest BCUT2D eigenvalue weighted by Crippen LogP contribution is -2.29. The minimum absolute atomic E-state index is 0.269. The first-order chi connectivity index (χ1) is 10.6. The molecule has 4 nitrogen and oxygen atoms in total. The van der Waals surface area contributed by atoms with Crippen molar-refractivity contribution >= 4 is 34.3 Å². The molecule has 0 saturated carbocycles. The summed E-state index contributed by atoms with van der Waals surface area (Å²) in [6.07, 6.45) is 0. The van der Waals surface area contributed by atoms with Crippen LogP contribution in [0.3, 0.4) is 0 Å². The fourth-order valence-corrected chi connectivity index (χ4v) is 3.33. The predicted octanol–water partition coefficient (Wildman–Crippen LogP) is 3.36. The van der Waals surface area contributed by atoms with Crippen LogP contribution in [0, 0.1) is 6.92 Å². The van der Waals surface area contributed by atoms with Gasteiger partial charge in [0.15, 0.2) is 5.16 Å². The molecular weight excluding hydrogens is 318 g/mol. The van der Waals surface area contributed by atoms with E-state index in [0.717, 1.165) is 4.68 Å². The molecule has 2 N–H and O–H groups in total. The highest BCUT2D eigenvalue weighted by atomic mass is 35.5. The van der Waals surface area contributed by atoms with E-state index in [1.165, 1.54) is 22.9 Å². The van der Waals surface area contributed by atoms with E-state index in [2.05, 4.69) is 24.0 Å². The third-order valence-corrected chi connectivity index (χ3v) is 4.69. The quantitative estimate of drug-likeness (QED) is 0.454. The van der Waals surface area contributed by atoms with E-state index in [9.17, 15) is 4.79 Å². The Balaban J connectivity index is 1.99. The average Bonchev–Trinajstić information content (AvgIpc) is 2.50. The number of fused-ring (bicyclic) bond motifs is 1. The van der Waals surface area contributed by atoms with Crippen LogP contribution in [0.4, 0.5) is 0 Å². The van der Waals surface area contributed by atoms with Crippen LogP contribution >= 0.6 is 23.4 Å². The number of hydrogen-bond donors (Lipinski definition) is 1. The molecule has 0 aliphatic heterocycles. The highest BCUT2D eigenvalue weighted by molar-refractivity contribution is 7.98. The first-order valence-corrected chi connectivity index (χ1v) is 8.07. The molecule has 22 heavy (non-hydrogen) atoms. The largest absolute Gasteiger partial charge is 0.334 e. The minimum Gasteiger partial charge on any atom is -0.334 e. The fraction of sp³-hybridized carbons (Fsp3) is 0.125. The Hall–Kier alpha value is -1.98. The summed E-state index contributed by atoms with van der Waals surface area (Å²) in [5, 5.41) is 1.49. The molecule has 0 aliphatic carbocycles. The van der Waals surface area contributed by atoms with E-state index in [1.54, 1.807) is 18.2 Å². The van der Waals surface area contributed by atoms with E-state index in [-0.39, 0.29) is 5.56 Å². The topological polar surface area (TPSA) is 60.9 Å². The number of aryl methyl sites for hydroxylation is 1. The lowest BCUT2D eigenvalue weighted by Gasteiger charge is -2.09. The van der Waals surface area contributed by atoms with Crippen LogP contribution in [0.25, 0.3) is 10.9 Å². The van der Waals surface area contributed by atoms with Gasteiger partial charge in [-0.1, -0.05) is 47.6 Å². The molecule has 3 aromatic rings. The van der Waals surface area contributed by atoms with Gasteiger partial charge in [0.1, 0.15) is 0 Å². The fourth-order valence-electron chi connectivity index (χ4n) is 2.17. The second kappa shape index (κ2) is 6.02. The Morgan fingerprint density at radius 1 is 1.27 bits per heavy atom. The van der Waals surface area contributed by atoms with Gasteiger partial charge in [-0.25, -0.2) is 9.66 Å². The molecule has 0 amide bonds. The highest BCUT2D eigenvalue weighted by Crippen LogP contribution is 2.23. The maximum atomic E-state index is 12.3. The Bertz CT molecular complexity index is 908. The molecular formula is C16H14ClN3OS. The summed E-state index contributed by atoms with van der Waals surface area (Å²) in [4.78, 5) is 16.7. The highest BCUT2D eigenvalue weighted by Gasteiger charge is 2.10. The summed E-state index contributed by atoms with van der Waals surface area (Å²) in [7, 11) is 0. The molecule has 0 fully saturated rings. The van der Waals surface area contributed by atoms with Crippen LogP contribution in [0.5, 0.6) is 0 Å². The minimum atomic E-state index is -0.269. The molecule has 112 valence electrons. The van der Waals surface area contributed by atoms with Crippen molar-refractivity contribution in [3.63, 3.8) is 0 Å². The van der Waals surface area contributed by atoms with Crippen molar-refractivity contribution in [1.82, 2.24) is 9.66 Å². The molecule has 0 radical (unpaired) electrons. The number of nitrogen functional groups attached to an aromatic ring is 1. The number of benzene rings is 2. The summed E-state index contributed by atoms with van der Waals surface area (Å²) in [5.41, 5.74) is 2.68. The first kappa shape index (κ1) is 14.9. The third kappa shape index (κ3) is 2.82. The number of nitrogens with zero attached hydrogens (tertiary/aromatic N) is 2. The number of halogens is 1. The Labute approximate surface area is 136 Å². The van der Waals surface area contributed by atoms with Crippen molar-refractivity contribution in [1.29, 1.82) is 0 Å². The molecule has 1 heterocycles. The van der Waals surface area contributed by atoms with Gasteiger partial charge in [0.25, 0.3) is 5.56 Å². The molecule has 2 aromatic carbocycles. The lowest BCUT2D eigenvalue weighted by molar-refractivity contribution is 0.779. The second-order valence-electron chi connectivity index (χ2n) is 4.95. The van der Waals surface area contributed by atoms with E-state index >= 15 is 0 Å². The van der Waals surface area contributed by atoms with E-state index < -0.39 is 0 Å². The number of thioether (sulfide) groups is 1. The Morgan fingerprint density at radius 3 is 2.82 bits per heavy atom. The van der Waals surface area contributed by atoms with Gasteiger partial charge in [-0.3, -0.25) is 4.79 Å². The van der Waals surface area contributed by atoms with Gasteiger partial charge < -0.3 is 5.84 Å². The summed E-state index contributed by atoms with van der Waals surface area (Å²) in [6.45, 7) is 2.05. The van der Waals surface area contributed by atoms with Crippen LogP contribution in [0.2, 0.25) is 5.02 Å². The number of hydrogen-bond acceptors (Lipinski definition) is 4. The van der Waals surface area contributed by atoms with Crippen molar-refractivity contribution < 1.29 is 0 Å². The van der Waals surface area contributed by atoms with Crippen LogP contribution in [0.15, 0.2) is 52.4 Å². The summed E-state index contributed by atoms with van der Waals surface area (Å²) >= 11 is 7.40. The number of nitrogens with two attached hydrogens (primary N) is 1. The van der Waals surface area contributed by atoms with Crippen molar-refractivity contribution in [2.75, 3.05) is 5.84 Å². The van der Waals surface area contributed by atoms with Gasteiger partial charge in [0.05, 0.1) is 10.9 Å². The standard InChI is InChI=1S/C16H14ClN3OS/c1-10-4-2-3-5-11(10)9-22-16-19-14-8-12(17)6-7-13(14)15(21)20(16)18/h2-8H,9,18H2,1H3. The Kier molecular flexibility index (Phi) is 4.09. The predicted molar refractivity (Wildman–Crippen MR) is 91.9 cm³/mol. The first-order valence-electron chi connectivity index (χ1n) is 6.71. The summed E-state index contributed by atoms with van der Waals surface area (Å²) in [5.74, 6) is 6.57. The van der Waals surface area contributed by atoms with Gasteiger partial charge in [0, 0.05) is 10.8 Å². The number of rotatable bonds is 3. The molecule has 0 spiro atoms. The normalized spacial score (nSPS) is 11.0. The smallest absolute Gasteiger partial charge is 0.280 e. The lowest BCUT2D eigenvalue weighted by atomic mass is 10.1. The molecule has 0 unspecified atom stereocenters. The van der Waals surface area contributed by atoms with Crippen LogP contribution < -0.4 is 11.4 Å². The van der Waals surface area contributed by atoms with E-state index in [4.69, 9.17) is 17.4 Å². The Morgan fingerprint density at radius 2 is 2.05 bits per heavy atom. The number of aromatic nitrogens is 2. The van der Waals surface area contributed by atoms with Gasteiger partial charge in [-0.15, -0.1) is 0 Å². The molecule has 1 aromatic heterocycles. The SMILES string of the molecule is Cc1ccccc1CSc1nc2cc(Cl)ccc2c(=O)n1N. The monoisotopic (exact) mass is 331 g/mol. The zero-order valence-electron chi connectivity index (χ0n) is 11.9. The molecule has 0 aliphatic rings.